The van der Waals surface area contributed by atoms with E-state index in [0.717, 1.165) is 12.0 Å². The summed E-state index contributed by atoms with van der Waals surface area (Å²) in [7, 11) is 0. The van der Waals surface area contributed by atoms with Crippen LogP contribution >= 0.6 is 11.6 Å². The summed E-state index contributed by atoms with van der Waals surface area (Å²) in [6.45, 7) is 6.75. The van der Waals surface area contributed by atoms with Gasteiger partial charge in [-0.1, -0.05) is 23.7 Å². The van der Waals surface area contributed by atoms with Gasteiger partial charge < -0.3 is 15.4 Å². The van der Waals surface area contributed by atoms with Crippen LogP contribution in [0.2, 0.25) is 5.02 Å². The molecule has 2 N–H and O–H groups in total. The first-order chi connectivity index (χ1) is 9.76. The summed E-state index contributed by atoms with van der Waals surface area (Å²) < 4.78 is 5.40. The number of hydrogen-bond acceptors (Lipinski definition) is 3. The minimum atomic E-state index is -0.481. The highest BCUT2D eigenvalue weighted by Crippen LogP contribution is 2.29. The van der Waals surface area contributed by atoms with E-state index in [4.69, 9.17) is 22.1 Å². The lowest BCUT2D eigenvalue weighted by Gasteiger charge is -2.37. The van der Waals surface area contributed by atoms with Crippen molar-refractivity contribution in [2.45, 2.75) is 44.8 Å². The predicted molar refractivity (Wildman–Crippen MR) is 84.6 cm³/mol. The van der Waals surface area contributed by atoms with Gasteiger partial charge in [-0.05, 0) is 44.9 Å². The number of amides is 1. The summed E-state index contributed by atoms with van der Waals surface area (Å²) in [4.78, 5) is 13.8. The van der Waals surface area contributed by atoms with E-state index >= 15 is 0 Å². The highest BCUT2D eigenvalue weighted by Gasteiger charge is 2.32. The summed E-state index contributed by atoms with van der Waals surface area (Å²) >= 11 is 6.04. The Hall–Kier alpha value is -1.26. The number of ether oxygens (including phenoxy) is 1. The molecule has 1 fully saturated rings. The predicted octanol–water partition coefficient (Wildman–Crippen LogP) is 3.39. The van der Waals surface area contributed by atoms with E-state index in [1.54, 1.807) is 4.90 Å². The molecule has 21 heavy (non-hydrogen) atoms. The van der Waals surface area contributed by atoms with Gasteiger partial charge in [0, 0.05) is 30.1 Å². The largest absolute Gasteiger partial charge is 0.444 e. The zero-order valence-electron chi connectivity index (χ0n) is 12.8. The van der Waals surface area contributed by atoms with E-state index in [1.807, 2.05) is 45.0 Å². The van der Waals surface area contributed by atoms with Crippen molar-refractivity contribution < 1.29 is 9.53 Å². The molecule has 0 aliphatic carbocycles. The highest BCUT2D eigenvalue weighted by atomic mass is 35.5. The van der Waals surface area contributed by atoms with E-state index in [1.165, 1.54) is 0 Å². The topological polar surface area (TPSA) is 55.6 Å². The second-order valence-corrected chi connectivity index (χ2v) is 6.98. The quantitative estimate of drug-likeness (QED) is 0.865. The Balaban J connectivity index is 2.01. The average molecular weight is 311 g/mol. The summed E-state index contributed by atoms with van der Waals surface area (Å²) in [6.07, 6.45) is 0.531. The fourth-order valence-corrected chi connectivity index (χ4v) is 2.82. The van der Waals surface area contributed by atoms with Crippen molar-refractivity contribution in [2.75, 3.05) is 13.1 Å². The second kappa shape index (κ2) is 6.24. The first kappa shape index (κ1) is 16.1. The number of benzene rings is 1. The van der Waals surface area contributed by atoms with E-state index in [-0.39, 0.29) is 18.1 Å². The van der Waals surface area contributed by atoms with Gasteiger partial charge in [0.15, 0.2) is 0 Å². The summed E-state index contributed by atoms with van der Waals surface area (Å²) in [5.74, 6) is 0.224. The van der Waals surface area contributed by atoms with E-state index < -0.39 is 5.60 Å². The van der Waals surface area contributed by atoms with Gasteiger partial charge in [-0.3, -0.25) is 0 Å². The molecule has 1 aliphatic heterocycles. The van der Waals surface area contributed by atoms with Crippen molar-refractivity contribution in [3.63, 3.8) is 0 Å². The molecule has 0 radical (unpaired) electrons. The number of piperidine rings is 1. The molecule has 1 aliphatic rings. The summed E-state index contributed by atoms with van der Waals surface area (Å²) in [5.41, 5.74) is 6.92. The zero-order valence-corrected chi connectivity index (χ0v) is 13.6. The van der Waals surface area contributed by atoms with Crippen LogP contribution in [0.3, 0.4) is 0 Å². The van der Waals surface area contributed by atoms with Gasteiger partial charge in [0.25, 0.3) is 0 Å². The Kier molecular flexibility index (Phi) is 4.79. The van der Waals surface area contributed by atoms with Crippen LogP contribution in [0.5, 0.6) is 0 Å². The minimum Gasteiger partial charge on any atom is -0.444 e. The van der Waals surface area contributed by atoms with Gasteiger partial charge in [-0.25, -0.2) is 4.79 Å². The fraction of sp³-hybridized carbons (Fsp3) is 0.562. The van der Waals surface area contributed by atoms with Crippen molar-refractivity contribution in [1.82, 2.24) is 4.90 Å². The molecule has 0 bridgehead atoms. The minimum absolute atomic E-state index is 0.107. The number of carbonyl (C=O) groups is 1. The molecule has 2 unspecified atom stereocenters. The monoisotopic (exact) mass is 310 g/mol. The third-order valence-corrected chi connectivity index (χ3v) is 3.82. The Morgan fingerprint density at radius 2 is 2.14 bits per heavy atom. The fourth-order valence-electron chi connectivity index (χ4n) is 2.63. The Bertz CT molecular complexity index is 513. The second-order valence-electron chi connectivity index (χ2n) is 6.54. The number of nitrogens with two attached hydrogens (primary N) is 1. The van der Waals surface area contributed by atoms with Gasteiger partial charge >= 0.3 is 6.09 Å². The third kappa shape index (κ3) is 4.35. The molecule has 1 heterocycles. The molecule has 0 aromatic heterocycles. The number of nitrogens with zero attached hydrogens (tertiary/aromatic N) is 1. The van der Waals surface area contributed by atoms with Crippen molar-refractivity contribution in [2.24, 2.45) is 5.73 Å². The molecule has 0 saturated carbocycles. The van der Waals surface area contributed by atoms with Crippen molar-refractivity contribution in [3.8, 4) is 0 Å². The third-order valence-electron chi connectivity index (χ3n) is 3.59. The molecular weight excluding hydrogens is 288 g/mol. The molecule has 5 heteroatoms. The van der Waals surface area contributed by atoms with Crippen LogP contribution < -0.4 is 5.73 Å². The van der Waals surface area contributed by atoms with Gasteiger partial charge in [0.2, 0.25) is 0 Å². The molecule has 116 valence electrons. The van der Waals surface area contributed by atoms with Crippen LogP contribution in [0.25, 0.3) is 0 Å². The number of halogens is 1. The van der Waals surface area contributed by atoms with Gasteiger partial charge in [0.1, 0.15) is 5.60 Å². The maximum Gasteiger partial charge on any atom is 0.410 e. The van der Waals surface area contributed by atoms with Crippen molar-refractivity contribution in [1.29, 1.82) is 0 Å². The number of rotatable bonds is 1. The Morgan fingerprint density at radius 3 is 2.71 bits per heavy atom. The molecule has 2 atom stereocenters. The summed E-state index contributed by atoms with van der Waals surface area (Å²) in [6, 6.07) is 7.68. The van der Waals surface area contributed by atoms with Crippen LogP contribution in [0.15, 0.2) is 24.3 Å². The first-order valence-electron chi connectivity index (χ1n) is 7.25. The van der Waals surface area contributed by atoms with Gasteiger partial charge in [-0.2, -0.15) is 0 Å². The molecule has 0 spiro atoms. The first-order valence-corrected chi connectivity index (χ1v) is 7.63. The lowest BCUT2D eigenvalue weighted by atomic mass is 9.86. The molecule has 1 amide bonds. The van der Waals surface area contributed by atoms with Gasteiger partial charge in [-0.15, -0.1) is 0 Å². The molecule has 1 aromatic rings. The van der Waals surface area contributed by atoms with Crippen molar-refractivity contribution in [3.05, 3.63) is 34.9 Å². The number of hydrogen-bond donors (Lipinski definition) is 1. The van der Waals surface area contributed by atoms with Crippen LogP contribution in [0, 0.1) is 0 Å². The summed E-state index contributed by atoms with van der Waals surface area (Å²) in [5, 5.41) is 0.717. The Labute approximate surface area is 131 Å². The maximum absolute atomic E-state index is 12.1. The standard InChI is InChI=1S/C16H23ClN2O2/c1-16(2,3)21-15(20)19-8-7-13(14(18)10-19)11-5-4-6-12(17)9-11/h4-6,9,13-14H,7-8,10,18H2,1-3H3. The smallest absolute Gasteiger partial charge is 0.410 e. The SMILES string of the molecule is CC(C)(C)OC(=O)N1CCC(c2cccc(Cl)c2)C(N)C1. The number of likely N-dealkylation sites (tertiary alicyclic amines) is 1. The lowest BCUT2D eigenvalue weighted by Crippen LogP contribution is -2.50. The van der Waals surface area contributed by atoms with Gasteiger partial charge in [0.05, 0.1) is 0 Å². The number of carbonyl (C=O) groups excluding carboxylic acids is 1. The molecule has 1 aromatic carbocycles. The van der Waals surface area contributed by atoms with E-state index in [0.29, 0.717) is 18.1 Å². The molecular formula is C16H23ClN2O2. The highest BCUT2D eigenvalue weighted by molar-refractivity contribution is 6.30. The van der Waals surface area contributed by atoms with E-state index in [2.05, 4.69) is 0 Å². The van der Waals surface area contributed by atoms with Crippen LogP contribution in [0.1, 0.15) is 38.7 Å². The Morgan fingerprint density at radius 1 is 1.43 bits per heavy atom. The molecule has 1 saturated heterocycles. The van der Waals surface area contributed by atoms with E-state index in [9.17, 15) is 4.79 Å². The maximum atomic E-state index is 12.1. The molecule has 4 nitrogen and oxygen atoms in total. The van der Waals surface area contributed by atoms with Crippen molar-refractivity contribution >= 4 is 17.7 Å². The lowest BCUT2D eigenvalue weighted by molar-refractivity contribution is 0.0186. The van der Waals surface area contributed by atoms with Crippen LogP contribution in [-0.4, -0.2) is 35.7 Å². The van der Waals surface area contributed by atoms with Crippen LogP contribution in [0.4, 0.5) is 4.79 Å². The van der Waals surface area contributed by atoms with Crippen LogP contribution in [-0.2, 0) is 4.74 Å². The zero-order chi connectivity index (χ0) is 15.6. The normalized spacial score (nSPS) is 23.0. The molecule has 2 rings (SSSR count). The average Bonchev–Trinajstić information content (AvgIpc) is 2.36.